The SMILES string of the molecule is CC1(O)C=CC(C)(CCC(=O)O)CC1. The van der Waals surface area contributed by atoms with E-state index >= 15 is 0 Å². The highest BCUT2D eigenvalue weighted by Crippen LogP contribution is 2.38. The molecule has 0 aromatic carbocycles. The summed E-state index contributed by atoms with van der Waals surface area (Å²) in [6, 6.07) is 0. The molecule has 80 valence electrons. The summed E-state index contributed by atoms with van der Waals surface area (Å²) in [5, 5.41) is 18.3. The van der Waals surface area contributed by atoms with Crippen LogP contribution in [0.15, 0.2) is 12.2 Å². The Bertz CT molecular complexity index is 255. The summed E-state index contributed by atoms with van der Waals surface area (Å²) >= 11 is 0. The third-order valence-corrected chi connectivity index (χ3v) is 2.96. The minimum absolute atomic E-state index is 0.0549. The molecule has 0 saturated heterocycles. The van der Waals surface area contributed by atoms with Crippen molar-refractivity contribution in [3.63, 3.8) is 0 Å². The van der Waals surface area contributed by atoms with E-state index in [9.17, 15) is 9.90 Å². The molecule has 0 aliphatic heterocycles. The molecule has 0 heterocycles. The quantitative estimate of drug-likeness (QED) is 0.681. The first-order chi connectivity index (χ1) is 6.33. The van der Waals surface area contributed by atoms with Crippen LogP contribution < -0.4 is 0 Å². The van der Waals surface area contributed by atoms with Crippen molar-refractivity contribution in [3.8, 4) is 0 Å². The molecule has 14 heavy (non-hydrogen) atoms. The molecule has 2 unspecified atom stereocenters. The molecular weight excluding hydrogens is 180 g/mol. The summed E-state index contributed by atoms with van der Waals surface area (Å²) < 4.78 is 0. The van der Waals surface area contributed by atoms with Gasteiger partial charge >= 0.3 is 5.97 Å². The van der Waals surface area contributed by atoms with Gasteiger partial charge < -0.3 is 10.2 Å². The summed E-state index contributed by atoms with van der Waals surface area (Å²) in [6.07, 6.45) is 6.15. The van der Waals surface area contributed by atoms with Gasteiger partial charge in [0.25, 0.3) is 0 Å². The summed E-state index contributed by atoms with van der Waals surface area (Å²) in [5.41, 5.74) is -0.761. The van der Waals surface area contributed by atoms with Crippen LogP contribution in [0.4, 0.5) is 0 Å². The molecule has 0 radical (unpaired) electrons. The first kappa shape index (κ1) is 11.2. The molecule has 2 N–H and O–H groups in total. The summed E-state index contributed by atoms with van der Waals surface area (Å²) in [4.78, 5) is 10.4. The highest BCUT2D eigenvalue weighted by atomic mass is 16.4. The normalized spacial score (nSPS) is 37.1. The van der Waals surface area contributed by atoms with Crippen LogP contribution in [0.1, 0.15) is 39.5 Å². The molecule has 0 aromatic rings. The standard InChI is InChI=1S/C11H18O3/c1-10(4-3-9(12)13)5-7-11(2,14)8-6-10/h5,7,14H,3-4,6,8H2,1-2H3,(H,12,13). The predicted octanol–water partition coefficient (Wildman–Crippen LogP) is 1.96. The molecule has 0 aromatic heterocycles. The molecule has 0 bridgehead atoms. The van der Waals surface area contributed by atoms with Crippen LogP contribution in [0.5, 0.6) is 0 Å². The Balaban J connectivity index is 2.56. The van der Waals surface area contributed by atoms with Gasteiger partial charge in [0, 0.05) is 6.42 Å². The maximum absolute atomic E-state index is 10.4. The minimum atomic E-state index is -0.753. The first-order valence-corrected chi connectivity index (χ1v) is 4.98. The van der Waals surface area contributed by atoms with E-state index in [1.165, 1.54) is 0 Å². The Morgan fingerprint density at radius 3 is 2.43 bits per heavy atom. The zero-order valence-electron chi connectivity index (χ0n) is 8.79. The van der Waals surface area contributed by atoms with Crippen molar-refractivity contribution in [2.45, 2.75) is 45.1 Å². The topological polar surface area (TPSA) is 57.5 Å². The van der Waals surface area contributed by atoms with Crippen LogP contribution in [0, 0.1) is 5.41 Å². The lowest BCUT2D eigenvalue weighted by atomic mass is 9.73. The van der Waals surface area contributed by atoms with E-state index in [1.54, 1.807) is 13.0 Å². The molecule has 1 rings (SSSR count). The Hall–Kier alpha value is -0.830. The lowest BCUT2D eigenvalue weighted by Gasteiger charge is -2.34. The third-order valence-electron chi connectivity index (χ3n) is 2.96. The highest BCUT2D eigenvalue weighted by molar-refractivity contribution is 5.66. The third kappa shape index (κ3) is 3.14. The smallest absolute Gasteiger partial charge is 0.303 e. The van der Waals surface area contributed by atoms with Crippen LogP contribution in [-0.4, -0.2) is 21.8 Å². The second-order valence-electron chi connectivity index (χ2n) is 4.74. The zero-order valence-corrected chi connectivity index (χ0v) is 8.79. The largest absolute Gasteiger partial charge is 0.481 e. The molecule has 0 fully saturated rings. The molecule has 3 nitrogen and oxygen atoms in total. The van der Waals surface area contributed by atoms with Crippen molar-refractivity contribution >= 4 is 5.97 Å². The number of hydrogen-bond acceptors (Lipinski definition) is 2. The summed E-state index contributed by atoms with van der Waals surface area (Å²) in [6.45, 7) is 3.82. The van der Waals surface area contributed by atoms with Crippen molar-refractivity contribution in [2.75, 3.05) is 0 Å². The fraction of sp³-hybridized carbons (Fsp3) is 0.727. The van der Waals surface area contributed by atoms with Gasteiger partial charge in [-0.25, -0.2) is 0 Å². The van der Waals surface area contributed by atoms with Gasteiger partial charge in [-0.1, -0.05) is 19.1 Å². The molecule has 0 spiro atoms. The van der Waals surface area contributed by atoms with Crippen LogP contribution in [-0.2, 0) is 4.79 Å². The van der Waals surface area contributed by atoms with Crippen LogP contribution in [0.2, 0.25) is 0 Å². The lowest BCUT2D eigenvalue weighted by Crippen LogP contribution is -2.30. The summed E-state index contributed by atoms with van der Waals surface area (Å²) in [7, 11) is 0. The van der Waals surface area contributed by atoms with E-state index in [2.05, 4.69) is 0 Å². The van der Waals surface area contributed by atoms with E-state index in [1.807, 2.05) is 13.0 Å². The monoisotopic (exact) mass is 198 g/mol. The average molecular weight is 198 g/mol. The molecule has 1 aliphatic rings. The molecule has 0 saturated carbocycles. The average Bonchev–Trinajstić information content (AvgIpc) is 2.08. The Kier molecular flexibility index (Phi) is 3.00. The number of carboxylic acid groups (broad SMARTS) is 1. The Morgan fingerprint density at radius 1 is 1.36 bits per heavy atom. The van der Waals surface area contributed by atoms with Crippen LogP contribution >= 0.6 is 0 Å². The minimum Gasteiger partial charge on any atom is -0.481 e. The Labute approximate surface area is 84.4 Å². The highest BCUT2D eigenvalue weighted by Gasteiger charge is 2.31. The molecule has 0 amide bonds. The zero-order chi connectivity index (χ0) is 10.8. The first-order valence-electron chi connectivity index (χ1n) is 4.98. The number of carboxylic acids is 1. The predicted molar refractivity (Wildman–Crippen MR) is 54.0 cm³/mol. The maximum atomic E-state index is 10.4. The van der Waals surface area contributed by atoms with Gasteiger partial charge in [0.2, 0.25) is 0 Å². The van der Waals surface area contributed by atoms with Crippen molar-refractivity contribution < 1.29 is 15.0 Å². The number of aliphatic carboxylic acids is 1. The van der Waals surface area contributed by atoms with Gasteiger partial charge in [-0.3, -0.25) is 4.79 Å². The van der Waals surface area contributed by atoms with Gasteiger partial charge in [-0.15, -0.1) is 0 Å². The van der Waals surface area contributed by atoms with E-state index in [-0.39, 0.29) is 11.8 Å². The Morgan fingerprint density at radius 2 is 2.00 bits per heavy atom. The second-order valence-corrected chi connectivity index (χ2v) is 4.74. The van der Waals surface area contributed by atoms with E-state index < -0.39 is 11.6 Å². The van der Waals surface area contributed by atoms with E-state index in [0.717, 1.165) is 6.42 Å². The number of allylic oxidation sites excluding steroid dienone is 1. The van der Waals surface area contributed by atoms with Crippen molar-refractivity contribution in [3.05, 3.63) is 12.2 Å². The summed E-state index contributed by atoms with van der Waals surface area (Å²) in [5.74, 6) is -0.753. The van der Waals surface area contributed by atoms with Gasteiger partial charge in [0.05, 0.1) is 5.60 Å². The fourth-order valence-electron chi connectivity index (χ4n) is 1.69. The van der Waals surface area contributed by atoms with Crippen molar-refractivity contribution in [1.82, 2.24) is 0 Å². The molecule has 2 atom stereocenters. The van der Waals surface area contributed by atoms with Gasteiger partial charge in [-0.05, 0) is 31.6 Å². The van der Waals surface area contributed by atoms with Gasteiger partial charge in [0.15, 0.2) is 0 Å². The number of aliphatic hydroxyl groups is 1. The van der Waals surface area contributed by atoms with Gasteiger partial charge in [0.1, 0.15) is 0 Å². The van der Waals surface area contributed by atoms with Crippen LogP contribution in [0.25, 0.3) is 0 Å². The van der Waals surface area contributed by atoms with E-state index in [4.69, 9.17) is 5.11 Å². The molecule has 1 aliphatic carbocycles. The van der Waals surface area contributed by atoms with Crippen LogP contribution in [0.3, 0.4) is 0 Å². The second kappa shape index (κ2) is 3.73. The molecule has 3 heteroatoms. The van der Waals surface area contributed by atoms with Crippen molar-refractivity contribution in [2.24, 2.45) is 5.41 Å². The fourth-order valence-corrected chi connectivity index (χ4v) is 1.69. The van der Waals surface area contributed by atoms with E-state index in [0.29, 0.717) is 12.8 Å². The van der Waals surface area contributed by atoms with Crippen molar-refractivity contribution in [1.29, 1.82) is 0 Å². The number of rotatable bonds is 3. The number of hydrogen-bond donors (Lipinski definition) is 2. The van der Waals surface area contributed by atoms with Gasteiger partial charge in [-0.2, -0.15) is 0 Å². The number of carbonyl (C=O) groups is 1. The lowest BCUT2D eigenvalue weighted by molar-refractivity contribution is -0.137. The molecular formula is C11H18O3. The maximum Gasteiger partial charge on any atom is 0.303 e.